The Morgan fingerprint density at radius 1 is 1.58 bits per heavy atom. The Bertz CT molecular complexity index is 288. The molecule has 64 valence electrons. The Morgan fingerprint density at radius 2 is 2.42 bits per heavy atom. The molecule has 0 radical (unpaired) electrons. The Morgan fingerprint density at radius 3 is 3.00 bits per heavy atom. The number of pyridine rings is 1. The van der Waals surface area contributed by atoms with Gasteiger partial charge in [0.15, 0.2) is 0 Å². The molecule has 12 heavy (non-hydrogen) atoms. The molecule has 2 rings (SSSR count). The lowest BCUT2D eigenvalue weighted by molar-refractivity contribution is 0.807. The summed E-state index contributed by atoms with van der Waals surface area (Å²) in [6.45, 7) is 0.803. The highest BCUT2D eigenvalue weighted by Crippen LogP contribution is 2.46. The molecule has 0 aromatic carbocycles. The van der Waals surface area contributed by atoms with Crippen LogP contribution in [0.25, 0.3) is 0 Å². The van der Waals surface area contributed by atoms with Crippen molar-refractivity contribution in [1.82, 2.24) is 4.98 Å². The fourth-order valence-electron chi connectivity index (χ4n) is 1.55. The summed E-state index contributed by atoms with van der Waals surface area (Å²) >= 11 is 3.41. The lowest BCUT2D eigenvalue weighted by Gasteiger charge is -1.98. The third-order valence-electron chi connectivity index (χ3n) is 2.38. The third kappa shape index (κ3) is 1.52. The minimum absolute atomic E-state index is 0.667. The Labute approximate surface area is 80.3 Å². The van der Waals surface area contributed by atoms with Crippen LogP contribution in [-0.2, 0) is 0 Å². The van der Waals surface area contributed by atoms with Crippen molar-refractivity contribution in [3.8, 4) is 0 Å². The molecule has 0 amide bonds. The number of hydrogen-bond acceptors (Lipinski definition) is 2. The number of hydrogen-bond donors (Lipinski definition) is 1. The minimum atomic E-state index is 0.667. The van der Waals surface area contributed by atoms with Crippen LogP contribution >= 0.6 is 15.9 Å². The highest BCUT2D eigenvalue weighted by Gasteiger charge is 2.37. The monoisotopic (exact) mass is 226 g/mol. The molecule has 0 aliphatic heterocycles. The molecule has 0 saturated heterocycles. The number of rotatable bonds is 2. The summed E-state index contributed by atoms with van der Waals surface area (Å²) in [5, 5.41) is 0. The predicted molar refractivity (Wildman–Crippen MR) is 51.8 cm³/mol. The highest BCUT2D eigenvalue weighted by molar-refractivity contribution is 9.10. The molecular weight excluding hydrogens is 216 g/mol. The maximum absolute atomic E-state index is 5.57. The van der Waals surface area contributed by atoms with Crippen LogP contribution in [0, 0.1) is 5.92 Å². The number of aromatic nitrogens is 1. The molecule has 0 bridgehead atoms. The van der Waals surface area contributed by atoms with E-state index < -0.39 is 0 Å². The van der Waals surface area contributed by atoms with E-state index in [-0.39, 0.29) is 0 Å². The van der Waals surface area contributed by atoms with Gasteiger partial charge in [-0.3, -0.25) is 4.98 Å². The van der Waals surface area contributed by atoms with Gasteiger partial charge in [0.05, 0.1) is 0 Å². The van der Waals surface area contributed by atoms with Crippen LogP contribution < -0.4 is 5.73 Å². The lowest BCUT2D eigenvalue weighted by atomic mass is 10.1. The van der Waals surface area contributed by atoms with E-state index in [9.17, 15) is 0 Å². The van der Waals surface area contributed by atoms with Crippen LogP contribution in [0.2, 0.25) is 0 Å². The maximum atomic E-state index is 5.57. The predicted octanol–water partition coefficient (Wildman–Crippen LogP) is 1.91. The van der Waals surface area contributed by atoms with Crippen molar-refractivity contribution in [3.05, 3.63) is 28.5 Å². The fraction of sp³-hybridized carbons (Fsp3) is 0.444. The summed E-state index contributed by atoms with van der Waals surface area (Å²) < 4.78 is 1.06. The van der Waals surface area contributed by atoms with Crippen molar-refractivity contribution >= 4 is 15.9 Å². The van der Waals surface area contributed by atoms with Crippen LogP contribution in [0.1, 0.15) is 17.9 Å². The topological polar surface area (TPSA) is 38.9 Å². The van der Waals surface area contributed by atoms with Gasteiger partial charge in [-0.15, -0.1) is 0 Å². The van der Waals surface area contributed by atoms with Gasteiger partial charge in [0.2, 0.25) is 0 Å². The van der Waals surface area contributed by atoms with E-state index in [2.05, 4.69) is 27.0 Å². The zero-order chi connectivity index (χ0) is 8.55. The van der Waals surface area contributed by atoms with E-state index in [1.807, 2.05) is 12.4 Å². The second-order valence-electron chi connectivity index (χ2n) is 3.27. The highest BCUT2D eigenvalue weighted by atomic mass is 79.9. The van der Waals surface area contributed by atoms with Gasteiger partial charge < -0.3 is 5.73 Å². The van der Waals surface area contributed by atoms with E-state index in [1.165, 1.54) is 12.0 Å². The molecule has 1 heterocycles. The van der Waals surface area contributed by atoms with Gasteiger partial charge in [0.25, 0.3) is 0 Å². The zero-order valence-electron chi connectivity index (χ0n) is 6.70. The summed E-state index contributed by atoms with van der Waals surface area (Å²) in [6.07, 6.45) is 4.98. The maximum Gasteiger partial charge on any atom is 0.0410 e. The number of nitrogens with two attached hydrogens (primary N) is 1. The van der Waals surface area contributed by atoms with E-state index >= 15 is 0 Å². The van der Waals surface area contributed by atoms with Gasteiger partial charge in [-0.1, -0.05) is 0 Å². The van der Waals surface area contributed by atoms with Gasteiger partial charge in [0.1, 0.15) is 0 Å². The van der Waals surface area contributed by atoms with Crippen molar-refractivity contribution in [2.24, 2.45) is 11.7 Å². The summed E-state index contributed by atoms with van der Waals surface area (Å²) in [4.78, 5) is 4.13. The van der Waals surface area contributed by atoms with Crippen molar-refractivity contribution in [2.45, 2.75) is 12.3 Å². The van der Waals surface area contributed by atoms with Crippen LogP contribution in [-0.4, -0.2) is 11.5 Å². The van der Waals surface area contributed by atoms with Crippen molar-refractivity contribution in [2.75, 3.05) is 6.54 Å². The molecular formula is C9H11BrN2. The first-order valence-corrected chi connectivity index (χ1v) is 4.91. The van der Waals surface area contributed by atoms with Crippen LogP contribution in [0.5, 0.6) is 0 Å². The molecule has 1 aromatic rings. The summed E-state index contributed by atoms with van der Waals surface area (Å²) in [5.74, 6) is 1.36. The summed E-state index contributed by atoms with van der Waals surface area (Å²) in [7, 11) is 0. The molecule has 2 N–H and O–H groups in total. The van der Waals surface area contributed by atoms with Gasteiger partial charge in [0, 0.05) is 16.9 Å². The molecule has 3 heteroatoms. The fourth-order valence-corrected chi connectivity index (χ4v) is 1.93. The minimum Gasteiger partial charge on any atom is -0.330 e. The SMILES string of the molecule is NCC1CC1c1cncc(Br)c1. The Balaban J connectivity index is 2.14. The van der Waals surface area contributed by atoms with Crippen molar-refractivity contribution in [1.29, 1.82) is 0 Å². The number of nitrogens with zero attached hydrogens (tertiary/aromatic N) is 1. The van der Waals surface area contributed by atoms with Crippen LogP contribution in [0.15, 0.2) is 22.9 Å². The van der Waals surface area contributed by atoms with Crippen molar-refractivity contribution < 1.29 is 0 Å². The molecule has 1 aliphatic rings. The third-order valence-corrected chi connectivity index (χ3v) is 2.81. The van der Waals surface area contributed by atoms with Gasteiger partial charge in [-0.05, 0) is 52.4 Å². The zero-order valence-corrected chi connectivity index (χ0v) is 8.29. The molecule has 2 atom stereocenters. The second kappa shape index (κ2) is 3.15. The average Bonchev–Trinajstić information content (AvgIpc) is 2.83. The first kappa shape index (κ1) is 8.20. The lowest BCUT2D eigenvalue weighted by Crippen LogP contribution is -2.01. The van der Waals surface area contributed by atoms with Crippen LogP contribution in [0.3, 0.4) is 0 Å². The smallest absolute Gasteiger partial charge is 0.0410 e. The van der Waals surface area contributed by atoms with Crippen molar-refractivity contribution in [3.63, 3.8) is 0 Å². The first-order valence-electron chi connectivity index (χ1n) is 4.12. The quantitative estimate of drug-likeness (QED) is 0.838. The largest absolute Gasteiger partial charge is 0.330 e. The normalized spacial score (nSPS) is 27.2. The molecule has 1 saturated carbocycles. The molecule has 2 nitrogen and oxygen atoms in total. The van der Waals surface area contributed by atoms with Gasteiger partial charge >= 0.3 is 0 Å². The number of halogens is 1. The summed E-state index contributed by atoms with van der Waals surface area (Å²) in [5.41, 5.74) is 6.89. The average molecular weight is 227 g/mol. The first-order chi connectivity index (χ1) is 5.81. The van der Waals surface area contributed by atoms with Crippen LogP contribution in [0.4, 0.5) is 0 Å². The van der Waals surface area contributed by atoms with E-state index in [4.69, 9.17) is 5.73 Å². The summed E-state index contributed by atoms with van der Waals surface area (Å²) in [6, 6.07) is 2.13. The van der Waals surface area contributed by atoms with Gasteiger partial charge in [-0.25, -0.2) is 0 Å². The van der Waals surface area contributed by atoms with E-state index in [0.717, 1.165) is 11.0 Å². The Hall–Kier alpha value is -0.410. The van der Waals surface area contributed by atoms with E-state index in [1.54, 1.807) is 0 Å². The molecule has 1 aliphatic carbocycles. The molecule has 1 aromatic heterocycles. The molecule has 0 spiro atoms. The molecule has 1 fully saturated rings. The molecule has 2 unspecified atom stereocenters. The Kier molecular flexibility index (Phi) is 2.15. The standard InChI is InChI=1S/C9H11BrN2/c10-8-1-7(4-12-5-8)9-2-6(9)3-11/h1,4-6,9H,2-3,11H2. The second-order valence-corrected chi connectivity index (χ2v) is 4.19. The van der Waals surface area contributed by atoms with Gasteiger partial charge in [-0.2, -0.15) is 0 Å². The van der Waals surface area contributed by atoms with E-state index in [0.29, 0.717) is 11.8 Å².